The van der Waals surface area contributed by atoms with Crippen LogP contribution in [0.15, 0.2) is 13.2 Å². The van der Waals surface area contributed by atoms with Crippen LogP contribution < -0.4 is 11.1 Å². The van der Waals surface area contributed by atoms with Crippen molar-refractivity contribution in [3.63, 3.8) is 0 Å². The van der Waals surface area contributed by atoms with Crippen molar-refractivity contribution in [2.45, 2.75) is 78.4 Å². The van der Waals surface area contributed by atoms with Crippen LogP contribution in [-0.2, 0) is 14.3 Å². The van der Waals surface area contributed by atoms with Gasteiger partial charge in [0.05, 0.1) is 0 Å². The summed E-state index contributed by atoms with van der Waals surface area (Å²) in [6, 6.07) is -0.562. The van der Waals surface area contributed by atoms with Crippen molar-refractivity contribution in [2.24, 2.45) is 5.73 Å². The first-order valence-corrected chi connectivity index (χ1v) is 9.18. The summed E-state index contributed by atoms with van der Waals surface area (Å²) in [5.41, 5.74) is 4.61. The Hall–Kier alpha value is -2.05. The zero-order valence-electron chi connectivity index (χ0n) is 17.1. The number of nitrogens with zero attached hydrogens (tertiary/aromatic N) is 1. The van der Waals surface area contributed by atoms with E-state index in [4.69, 9.17) is 10.5 Å². The molecular weight excluding hydrogens is 334 g/mol. The molecule has 0 saturated carbocycles. The number of nitrogens with two attached hydrogens (primary N) is 1. The molecule has 1 saturated heterocycles. The molecule has 26 heavy (non-hydrogen) atoms. The molecule has 7 nitrogen and oxygen atoms in total. The molecule has 1 aliphatic rings. The average molecular weight is 376 g/mol. The molecule has 0 aromatic heterocycles. The lowest BCUT2D eigenvalue weighted by molar-refractivity contribution is -0.136. The highest BCUT2D eigenvalue weighted by molar-refractivity contribution is 5.89. The molecule has 1 atom stereocenters. The van der Waals surface area contributed by atoms with E-state index in [-0.39, 0.29) is 15.3 Å². The third kappa shape index (κ3) is 12.3. The number of unbranched alkanes of at least 4 members (excludes halogenated alkanes) is 2. The maximum atomic E-state index is 11.9. The number of hydrogen-bond donors (Lipinski definition) is 2. The Bertz CT molecular complexity index is 441. The van der Waals surface area contributed by atoms with Gasteiger partial charge in [-0.05, 0) is 33.6 Å². The van der Waals surface area contributed by atoms with Crippen LogP contribution in [0.5, 0.6) is 0 Å². The summed E-state index contributed by atoms with van der Waals surface area (Å²) in [7, 11) is 0. The monoisotopic (exact) mass is 375 g/mol. The number of carbonyl (C=O) groups excluding carboxylic acids is 3. The lowest BCUT2D eigenvalue weighted by atomic mass is 10.2. The second-order valence-corrected chi connectivity index (χ2v) is 6.86. The molecule has 1 rings (SSSR count). The third-order valence-electron chi connectivity index (χ3n) is 3.39. The average Bonchev–Trinajstić information content (AvgIpc) is 3.04. The zero-order valence-corrected chi connectivity index (χ0v) is 17.1. The number of primary amides is 1. The maximum Gasteiger partial charge on any atom is 0.408 e. The van der Waals surface area contributed by atoms with Gasteiger partial charge >= 0.3 is 6.09 Å². The highest BCUT2D eigenvalue weighted by Crippen LogP contribution is 2.16. The molecule has 0 bridgehead atoms. The molecule has 1 heterocycles. The number of hydrogen-bond acceptors (Lipinski definition) is 4. The molecule has 0 aliphatic carbocycles. The molecule has 0 unspecified atom stereocenters. The number of amides is 3. The van der Waals surface area contributed by atoms with E-state index in [9.17, 15) is 14.4 Å². The van der Waals surface area contributed by atoms with Crippen molar-refractivity contribution < 1.29 is 22.0 Å². The van der Waals surface area contributed by atoms with Gasteiger partial charge in [0, 0.05) is 9.40 Å². The Morgan fingerprint density at radius 3 is 2.15 bits per heavy atom. The van der Waals surface area contributed by atoms with Crippen LogP contribution in [-0.4, -0.2) is 47.5 Å². The molecular formula is C19H41N3O4. The Morgan fingerprint density at radius 1 is 1.23 bits per heavy atom. The largest absolute Gasteiger partial charge is 0.444 e. The van der Waals surface area contributed by atoms with E-state index < -0.39 is 23.6 Å². The summed E-state index contributed by atoms with van der Waals surface area (Å²) in [4.78, 5) is 35.8. The zero-order chi connectivity index (χ0) is 20.8. The summed E-state index contributed by atoms with van der Waals surface area (Å²) < 4.78 is 5.01. The summed E-state index contributed by atoms with van der Waals surface area (Å²) in [5, 5.41) is 2.37. The molecule has 1 aliphatic heterocycles. The van der Waals surface area contributed by atoms with Crippen LogP contribution >= 0.6 is 0 Å². The van der Waals surface area contributed by atoms with Gasteiger partial charge in [-0.15, -0.1) is 13.2 Å². The van der Waals surface area contributed by atoms with Gasteiger partial charge in [0.2, 0.25) is 11.8 Å². The van der Waals surface area contributed by atoms with Crippen LogP contribution in [0.25, 0.3) is 0 Å². The summed E-state index contributed by atoms with van der Waals surface area (Å²) in [6.45, 7) is 15.9. The molecule has 1 fully saturated rings. The molecule has 0 aromatic carbocycles. The van der Waals surface area contributed by atoms with Gasteiger partial charge in [-0.2, -0.15) is 0 Å². The highest BCUT2D eigenvalue weighted by Gasteiger charge is 2.32. The highest BCUT2D eigenvalue weighted by atomic mass is 16.6. The Labute approximate surface area is 161 Å². The van der Waals surface area contributed by atoms with Crippen LogP contribution in [0.3, 0.4) is 0 Å². The van der Waals surface area contributed by atoms with Gasteiger partial charge in [-0.1, -0.05) is 33.1 Å². The Kier molecular flexibility index (Phi) is 14.3. The van der Waals surface area contributed by atoms with Crippen molar-refractivity contribution in [1.29, 1.82) is 0 Å². The van der Waals surface area contributed by atoms with Crippen molar-refractivity contribution in [2.75, 3.05) is 13.1 Å². The van der Waals surface area contributed by atoms with Crippen LogP contribution in [0.1, 0.15) is 69.6 Å². The van der Waals surface area contributed by atoms with Crippen molar-refractivity contribution in [3.05, 3.63) is 13.2 Å². The van der Waals surface area contributed by atoms with Crippen molar-refractivity contribution in [3.8, 4) is 0 Å². The minimum absolute atomic E-state index is 0. The number of nitrogens with one attached hydrogen (secondary N) is 1. The molecule has 156 valence electrons. The first kappa shape index (κ1) is 26.2. The number of likely N-dealkylation sites (tertiary alicyclic amines) is 1. The minimum Gasteiger partial charge on any atom is -0.444 e. The Morgan fingerprint density at radius 2 is 1.77 bits per heavy atom. The van der Waals surface area contributed by atoms with Crippen LogP contribution in [0, 0.1) is 0 Å². The first-order valence-electron chi connectivity index (χ1n) is 9.18. The lowest BCUT2D eigenvalue weighted by Crippen LogP contribution is -2.48. The number of ether oxygens (including phenoxy) is 1. The van der Waals surface area contributed by atoms with Crippen molar-refractivity contribution in [1.82, 2.24) is 10.2 Å². The van der Waals surface area contributed by atoms with Crippen LogP contribution in [0.2, 0.25) is 0 Å². The predicted octanol–water partition coefficient (Wildman–Crippen LogP) is 3.48. The Balaban J connectivity index is -0.000000279. The van der Waals surface area contributed by atoms with Crippen molar-refractivity contribution >= 4 is 17.9 Å². The quantitative estimate of drug-likeness (QED) is 0.718. The van der Waals surface area contributed by atoms with E-state index >= 15 is 0 Å². The van der Waals surface area contributed by atoms with Crippen LogP contribution in [0.4, 0.5) is 4.79 Å². The smallest absolute Gasteiger partial charge is 0.408 e. The third-order valence-corrected chi connectivity index (χ3v) is 3.39. The van der Waals surface area contributed by atoms with E-state index in [1.54, 1.807) is 20.8 Å². The fourth-order valence-corrected chi connectivity index (χ4v) is 2.28. The minimum atomic E-state index is -0.657. The predicted molar refractivity (Wildman–Crippen MR) is 109 cm³/mol. The van der Waals surface area contributed by atoms with Gasteiger partial charge in [-0.25, -0.2) is 4.79 Å². The van der Waals surface area contributed by atoms with Gasteiger partial charge in [0.25, 0.3) is 0 Å². The summed E-state index contributed by atoms with van der Waals surface area (Å²) in [5.74, 6) is -0.838. The summed E-state index contributed by atoms with van der Waals surface area (Å²) >= 11 is 0. The molecule has 0 aromatic rings. The molecule has 3 amide bonds. The topological polar surface area (TPSA) is 102 Å². The molecule has 0 radical (unpaired) electrons. The van der Waals surface area contributed by atoms with Gasteiger partial charge in [0.1, 0.15) is 18.2 Å². The maximum absolute atomic E-state index is 11.9. The summed E-state index contributed by atoms with van der Waals surface area (Å²) in [6.07, 6.45) is 4.74. The first-order chi connectivity index (χ1) is 12.1. The fraction of sp³-hybridized carbons (Fsp3) is 0.737. The van der Waals surface area contributed by atoms with E-state index in [2.05, 4.69) is 32.3 Å². The van der Waals surface area contributed by atoms with E-state index in [1.165, 1.54) is 24.2 Å². The molecule has 3 N–H and O–H groups in total. The van der Waals surface area contributed by atoms with E-state index in [0.717, 1.165) is 6.42 Å². The fourth-order valence-electron chi connectivity index (χ4n) is 2.28. The van der Waals surface area contributed by atoms with Gasteiger partial charge in [-0.3, -0.25) is 9.59 Å². The molecule has 0 spiro atoms. The number of rotatable bonds is 5. The standard InChI is InChI=1S/C12H21N3O4.C5H12.C2H4.2H2/c1-12(2,3)19-11(18)14-7-9(16)15-6-4-5-8(15)10(13)17;1-3-5-4-2;1-2;;/h8H,4-7H2,1-3H3,(H2,13,17)(H,14,18);3-5H2,1-2H3;1-2H2;2*1H/t8-;;;;/m0..../s1. The number of carbonyl (C=O) groups is 3. The molecule has 7 heteroatoms. The number of alkyl carbamates (subject to hydrolysis) is 1. The lowest BCUT2D eigenvalue weighted by Gasteiger charge is -2.23. The van der Waals surface area contributed by atoms with Gasteiger partial charge < -0.3 is 20.7 Å². The van der Waals surface area contributed by atoms with E-state index in [1.807, 2.05) is 0 Å². The second kappa shape index (κ2) is 14.2. The second-order valence-electron chi connectivity index (χ2n) is 6.86. The van der Waals surface area contributed by atoms with Gasteiger partial charge in [0.15, 0.2) is 0 Å². The SMILES string of the molecule is C=C.CC(C)(C)OC(=O)NCC(=O)N1CCC[C@H]1C(N)=O.CCCCC.[HH].[HH]. The van der Waals surface area contributed by atoms with E-state index in [0.29, 0.717) is 13.0 Å². The normalized spacial score (nSPS) is 15.7.